The Morgan fingerprint density at radius 1 is 0.976 bits per heavy atom. The zero-order valence-electron chi connectivity index (χ0n) is 29.2. The van der Waals surface area contributed by atoms with Gasteiger partial charge in [-0.2, -0.15) is 0 Å². The van der Waals surface area contributed by atoms with Gasteiger partial charge in [0, 0.05) is 24.4 Å². The molecule has 238 valence electrons. The third-order valence-corrected chi connectivity index (χ3v) is 6.75. The lowest BCUT2D eigenvalue weighted by Gasteiger charge is -2.28. The molecule has 2 aliphatic rings. The lowest BCUT2D eigenvalue weighted by atomic mass is 9.91. The fraction of sp³-hybridized carbons (Fsp3) is 0.684. The number of hydrogen-bond donors (Lipinski definition) is 0. The molecule has 2 fully saturated rings. The molecule has 0 bridgehead atoms. The van der Waals surface area contributed by atoms with Gasteiger partial charge in [0.05, 0.1) is 0 Å². The van der Waals surface area contributed by atoms with E-state index in [4.69, 9.17) is 0 Å². The molecule has 41 heavy (non-hydrogen) atoms. The Labute approximate surface area is 257 Å². The SMILES string of the molecule is C=C(C)C.C=C(c1ccc(CCCCC2CCN(C)CC2)cc1F)N1CCCC1.C=CCC(C)(C)C.CC.CCC. The quantitative estimate of drug-likeness (QED) is 0.226. The predicted molar refractivity (Wildman–Crippen MR) is 186 cm³/mol. The van der Waals surface area contributed by atoms with Crippen LogP contribution in [-0.4, -0.2) is 43.0 Å². The number of hydrogen-bond acceptors (Lipinski definition) is 2. The van der Waals surface area contributed by atoms with Crippen molar-refractivity contribution in [2.75, 3.05) is 33.2 Å². The lowest BCUT2D eigenvalue weighted by Crippen LogP contribution is -2.30. The van der Waals surface area contributed by atoms with Gasteiger partial charge >= 0.3 is 0 Å². The second-order valence-electron chi connectivity index (χ2n) is 12.9. The van der Waals surface area contributed by atoms with Gasteiger partial charge in [0.15, 0.2) is 0 Å². The van der Waals surface area contributed by atoms with E-state index in [0.29, 0.717) is 11.0 Å². The molecule has 1 aromatic carbocycles. The molecule has 2 heterocycles. The third kappa shape index (κ3) is 22.4. The molecule has 3 heteroatoms. The van der Waals surface area contributed by atoms with Crippen LogP contribution in [0.1, 0.15) is 131 Å². The molecule has 0 aliphatic carbocycles. The van der Waals surface area contributed by atoms with Gasteiger partial charge in [0.25, 0.3) is 0 Å². The van der Waals surface area contributed by atoms with Gasteiger partial charge in [-0.1, -0.05) is 92.0 Å². The van der Waals surface area contributed by atoms with Crippen molar-refractivity contribution in [3.8, 4) is 0 Å². The van der Waals surface area contributed by atoms with Crippen molar-refractivity contribution in [1.29, 1.82) is 0 Å². The topological polar surface area (TPSA) is 6.48 Å². The molecule has 0 amide bonds. The van der Waals surface area contributed by atoms with Crippen LogP contribution in [0, 0.1) is 17.2 Å². The maximum Gasteiger partial charge on any atom is 0.132 e. The fourth-order valence-corrected chi connectivity index (χ4v) is 4.65. The first-order valence-corrected chi connectivity index (χ1v) is 16.5. The summed E-state index contributed by atoms with van der Waals surface area (Å²) in [5.74, 6) is 0.795. The Morgan fingerprint density at radius 2 is 1.49 bits per heavy atom. The van der Waals surface area contributed by atoms with Crippen LogP contribution in [0.15, 0.2) is 49.6 Å². The number of rotatable bonds is 8. The van der Waals surface area contributed by atoms with Crippen molar-refractivity contribution in [3.63, 3.8) is 0 Å². The van der Waals surface area contributed by atoms with E-state index in [9.17, 15) is 4.39 Å². The first-order chi connectivity index (χ1) is 19.3. The Morgan fingerprint density at radius 3 is 1.90 bits per heavy atom. The number of likely N-dealkylation sites (tertiary alicyclic amines) is 2. The summed E-state index contributed by atoms with van der Waals surface area (Å²) in [7, 11) is 2.22. The summed E-state index contributed by atoms with van der Waals surface area (Å²) in [6, 6.07) is 5.75. The van der Waals surface area contributed by atoms with Gasteiger partial charge in [0.2, 0.25) is 0 Å². The van der Waals surface area contributed by atoms with Crippen LogP contribution in [0.2, 0.25) is 0 Å². The Balaban J connectivity index is 0. The largest absolute Gasteiger partial charge is 0.371 e. The summed E-state index contributed by atoms with van der Waals surface area (Å²) >= 11 is 0. The fourth-order valence-electron chi connectivity index (χ4n) is 4.65. The Bertz CT molecular complexity index is 802. The molecule has 0 radical (unpaired) electrons. The number of aryl methyl sites for hydroxylation is 1. The number of allylic oxidation sites excluding steroid dienone is 2. The van der Waals surface area contributed by atoms with Crippen LogP contribution in [0.3, 0.4) is 0 Å². The molecule has 2 saturated heterocycles. The van der Waals surface area contributed by atoms with Crippen molar-refractivity contribution >= 4 is 5.70 Å². The van der Waals surface area contributed by atoms with Crippen LogP contribution < -0.4 is 0 Å². The van der Waals surface area contributed by atoms with E-state index in [0.717, 1.165) is 49.5 Å². The van der Waals surface area contributed by atoms with E-state index < -0.39 is 0 Å². The highest BCUT2D eigenvalue weighted by Gasteiger charge is 2.18. The van der Waals surface area contributed by atoms with Crippen molar-refractivity contribution in [2.45, 2.75) is 127 Å². The number of nitrogens with zero attached hydrogens (tertiary/aromatic N) is 2. The van der Waals surface area contributed by atoms with E-state index in [1.165, 1.54) is 63.6 Å². The maximum atomic E-state index is 14.5. The highest BCUT2D eigenvalue weighted by atomic mass is 19.1. The van der Waals surface area contributed by atoms with Gasteiger partial charge < -0.3 is 9.80 Å². The summed E-state index contributed by atoms with van der Waals surface area (Å²) in [6.45, 7) is 34.6. The van der Waals surface area contributed by atoms with E-state index in [1.54, 1.807) is 6.07 Å². The van der Waals surface area contributed by atoms with Gasteiger partial charge in [0.1, 0.15) is 5.82 Å². The Hall–Kier alpha value is -1.87. The summed E-state index contributed by atoms with van der Waals surface area (Å²) in [6.07, 6.45) is 14.1. The number of benzene rings is 1. The monoisotopic (exact) mass is 573 g/mol. The smallest absolute Gasteiger partial charge is 0.132 e. The number of unbranched alkanes of at least 4 members (excludes halogenated alkanes) is 1. The average molecular weight is 573 g/mol. The summed E-state index contributed by atoms with van der Waals surface area (Å²) in [5.41, 5.74) is 4.25. The summed E-state index contributed by atoms with van der Waals surface area (Å²) in [5, 5.41) is 0. The van der Waals surface area contributed by atoms with Crippen LogP contribution >= 0.6 is 0 Å². The normalized spacial score (nSPS) is 15.0. The molecule has 2 nitrogen and oxygen atoms in total. The van der Waals surface area contributed by atoms with Crippen molar-refractivity contribution < 1.29 is 4.39 Å². The highest BCUT2D eigenvalue weighted by Crippen LogP contribution is 2.26. The molecule has 0 aromatic heterocycles. The van der Waals surface area contributed by atoms with E-state index in [2.05, 4.69) is 77.3 Å². The second-order valence-corrected chi connectivity index (χ2v) is 12.9. The minimum Gasteiger partial charge on any atom is -0.371 e. The van der Waals surface area contributed by atoms with Gasteiger partial charge in [-0.3, -0.25) is 0 Å². The molecule has 0 saturated carbocycles. The zero-order valence-corrected chi connectivity index (χ0v) is 29.2. The maximum absolute atomic E-state index is 14.5. The van der Waals surface area contributed by atoms with Crippen LogP contribution in [0.25, 0.3) is 5.70 Å². The molecule has 0 unspecified atom stereocenters. The van der Waals surface area contributed by atoms with Crippen molar-refractivity contribution in [2.24, 2.45) is 11.3 Å². The van der Waals surface area contributed by atoms with Gasteiger partial charge in [-0.05, 0) is 108 Å². The molecule has 2 aliphatic heterocycles. The van der Waals surface area contributed by atoms with Crippen molar-refractivity contribution in [3.05, 3.63) is 66.5 Å². The Kier molecular flexibility index (Phi) is 24.9. The zero-order chi connectivity index (χ0) is 31.8. The van der Waals surface area contributed by atoms with E-state index in [1.807, 2.05) is 39.8 Å². The summed E-state index contributed by atoms with van der Waals surface area (Å²) < 4.78 is 14.5. The summed E-state index contributed by atoms with van der Waals surface area (Å²) in [4.78, 5) is 4.64. The van der Waals surface area contributed by atoms with Gasteiger partial charge in [-0.25, -0.2) is 4.39 Å². The molecular weight excluding hydrogens is 503 g/mol. The van der Waals surface area contributed by atoms with E-state index >= 15 is 0 Å². The molecule has 0 N–H and O–H groups in total. The average Bonchev–Trinajstić information content (AvgIpc) is 3.44. The third-order valence-electron chi connectivity index (χ3n) is 6.75. The van der Waals surface area contributed by atoms with Crippen LogP contribution in [0.4, 0.5) is 4.39 Å². The van der Waals surface area contributed by atoms with Crippen LogP contribution in [0.5, 0.6) is 0 Å². The van der Waals surface area contributed by atoms with Crippen molar-refractivity contribution in [1.82, 2.24) is 9.80 Å². The highest BCUT2D eigenvalue weighted by molar-refractivity contribution is 5.63. The number of piperidine rings is 1. The van der Waals surface area contributed by atoms with Gasteiger partial charge in [-0.15, -0.1) is 13.2 Å². The first-order valence-electron chi connectivity index (χ1n) is 16.5. The molecule has 3 rings (SSSR count). The minimum atomic E-state index is -0.107. The minimum absolute atomic E-state index is 0.107. The molecule has 0 atom stereocenters. The number of halogens is 1. The van der Waals surface area contributed by atoms with Crippen LogP contribution in [-0.2, 0) is 6.42 Å². The lowest BCUT2D eigenvalue weighted by molar-refractivity contribution is 0.210. The molecule has 0 spiro atoms. The molecular formula is C38H69FN2. The first kappa shape index (κ1) is 41.3. The van der Waals surface area contributed by atoms with E-state index in [-0.39, 0.29) is 5.82 Å². The second kappa shape index (κ2) is 24.7. The molecule has 1 aromatic rings. The predicted octanol–water partition coefficient (Wildman–Crippen LogP) is 11.6. The standard InChI is InChI=1S/C22H33FN2.C7H14.C4H8.C3H8.C2H6/c1-18(25-13-5-6-14-25)21-10-9-20(17-22(21)23)8-4-3-7-19-11-15-24(2)16-12-19;1-5-6-7(2,3)4;1-4(2)3;1-3-2;1-2/h9-10,17,19H,1,3-8,11-16H2,2H3;5H,1,6H2,2-4H3;1H2,2-3H3;3H2,1-2H3;1-2H3.